The third-order valence-electron chi connectivity index (χ3n) is 0.118. The molecule has 26 valence electrons. The van der Waals surface area contributed by atoms with Gasteiger partial charge in [0.2, 0.25) is 0 Å². The quantitative estimate of drug-likeness (QED) is 0.412. The van der Waals surface area contributed by atoms with Crippen LogP contribution in [-0.2, 0) is 17.4 Å². The maximum absolute atomic E-state index is 4.36. The first-order chi connectivity index (χ1) is 1.91. The molecule has 0 amide bonds. The van der Waals surface area contributed by atoms with Crippen LogP contribution in [0.2, 0.25) is 0 Å². The van der Waals surface area contributed by atoms with Crippen LogP contribution in [0, 0.1) is 0 Å². The Morgan fingerprint density at radius 1 is 2.00 bits per heavy atom. The first-order valence-corrected chi connectivity index (χ1v) is 1.56. The van der Waals surface area contributed by atoms with Crippen molar-refractivity contribution in [3.8, 4) is 0 Å². The van der Waals surface area contributed by atoms with Crippen molar-refractivity contribution in [2.75, 3.05) is 13.0 Å². The number of hydrogen-bond donors (Lipinski definition) is 0. The van der Waals surface area contributed by atoms with Gasteiger partial charge in [-0.25, -0.2) is 0 Å². The van der Waals surface area contributed by atoms with Gasteiger partial charge in [-0.2, -0.15) is 0 Å². The van der Waals surface area contributed by atoms with Crippen molar-refractivity contribution in [2.24, 2.45) is 0 Å². The van der Waals surface area contributed by atoms with Crippen LogP contribution in [0.3, 0.4) is 0 Å². The van der Waals surface area contributed by atoms with Gasteiger partial charge in [0.15, 0.2) is 0 Å². The van der Waals surface area contributed by atoms with Crippen LogP contribution in [0.1, 0.15) is 0 Å². The van der Waals surface area contributed by atoms with E-state index in [0.29, 0.717) is 5.94 Å². The monoisotopic (exact) mass is 77.0 g/mol. The van der Waals surface area contributed by atoms with Gasteiger partial charge in [0.1, 0.15) is 0 Å². The topological polar surface area (TPSA) is 9.23 Å². The molecule has 0 heterocycles. The Morgan fingerprint density at radius 2 is 2.25 bits per heavy atom. The molecular weight excluding hydrogens is 72.1 g/mol. The Hall–Kier alpha value is 0.310. The molecular formula is C2H5OS-. The van der Waals surface area contributed by atoms with Crippen LogP contribution in [0.15, 0.2) is 0 Å². The molecule has 0 atom stereocenters. The molecule has 0 bridgehead atoms. The van der Waals surface area contributed by atoms with E-state index in [2.05, 4.69) is 17.4 Å². The molecule has 0 aliphatic rings. The Labute approximate surface area is 31.4 Å². The van der Waals surface area contributed by atoms with Gasteiger partial charge < -0.3 is 17.4 Å². The predicted octanol–water partition coefficient (Wildman–Crippen LogP) is 0.137. The molecule has 0 radical (unpaired) electrons. The van der Waals surface area contributed by atoms with Crippen molar-refractivity contribution in [1.29, 1.82) is 0 Å². The molecule has 0 aromatic heterocycles. The third-order valence-corrected chi connectivity index (χ3v) is 0.354. The SMILES string of the molecule is COC[S-]. The number of ether oxygens (including phenoxy) is 1. The van der Waals surface area contributed by atoms with Gasteiger partial charge >= 0.3 is 0 Å². The highest BCUT2D eigenvalue weighted by molar-refractivity contribution is 7.58. The fourth-order valence-electron chi connectivity index (χ4n) is 0. The summed E-state index contributed by atoms with van der Waals surface area (Å²) in [6, 6.07) is 0. The molecule has 0 rings (SSSR count). The summed E-state index contributed by atoms with van der Waals surface area (Å²) in [4.78, 5) is 0. The molecule has 0 aromatic carbocycles. The summed E-state index contributed by atoms with van der Waals surface area (Å²) in [5.74, 6) is 0.403. The second-order valence-corrected chi connectivity index (χ2v) is 0.642. The van der Waals surface area contributed by atoms with Crippen molar-refractivity contribution in [3.63, 3.8) is 0 Å². The van der Waals surface area contributed by atoms with Crippen LogP contribution in [0.4, 0.5) is 0 Å². The maximum atomic E-state index is 4.36. The van der Waals surface area contributed by atoms with Crippen molar-refractivity contribution >= 4 is 12.6 Å². The summed E-state index contributed by atoms with van der Waals surface area (Å²) in [7, 11) is 1.58. The molecule has 0 saturated carbocycles. The van der Waals surface area contributed by atoms with Crippen LogP contribution in [0.25, 0.3) is 0 Å². The second kappa shape index (κ2) is 3.31. The molecule has 0 unspecified atom stereocenters. The summed E-state index contributed by atoms with van der Waals surface area (Å²) in [6.45, 7) is 0. The molecule has 0 aromatic rings. The zero-order valence-corrected chi connectivity index (χ0v) is 3.34. The van der Waals surface area contributed by atoms with E-state index >= 15 is 0 Å². The zero-order chi connectivity index (χ0) is 3.41. The molecule has 4 heavy (non-hydrogen) atoms. The average molecular weight is 77.1 g/mol. The molecule has 0 saturated heterocycles. The van der Waals surface area contributed by atoms with Crippen LogP contribution in [0.5, 0.6) is 0 Å². The lowest BCUT2D eigenvalue weighted by molar-refractivity contribution is 0.259. The Kier molecular flexibility index (Phi) is 3.57. The van der Waals surface area contributed by atoms with E-state index in [0.717, 1.165) is 0 Å². The summed E-state index contributed by atoms with van der Waals surface area (Å²) in [5.41, 5.74) is 0. The Morgan fingerprint density at radius 3 is 2.25 bits per heavy atom. The highest BCUT2D eigenvalue weighted by atomic mass is 32.1. The molecule has 0 spiro atoms. The van der Waals surface area contributed by atoms with Crippen molar-refractivity contribution in [1.82, 2.24) is 0 Å². The van der Waals surface area contributed by atoms with Gasteiger partial charge in [0.05, 0.1) is 0 Å². The maximum Gasteiger partial charge on any atom is 0.0328 e. The molecule has 0 aliphatic carbocycles. The van der Waals surface area contributed by atoms with E-state index in [1.165, 1.54) is 0 Å². The van der Waals surface area contributed by atoms with Gasteiger partial charge in [-0.1, -0.05) is 5.94 Å². The number of hydrogen-bond acceptors (Lipinski definition) is 2. The van der Waals surface area contributed by atoms with Gasteiger partial charge in [-0.05, 0) is 0 Å². The molecule has 0 N–H and O–H groups in total. The van der Waals surface area contributed by atoms with Gasteiger partial charge in [-0.3, -0.25) is 0 Å². The van der Waals surface area contributed by atoms with E-state index < -0.39 is 0 Å². The summed E-state index contributed by atoms with van der Waals surface area (Å²) < 4.78 is 4.36. The van der Waals surface area contributed by atoms with E-state index in [4.69, 9.17) is 0 Å². The van der Waals surface area contributed by atoms with Crippen LogP contribution < -0.4 is 0 Å². The summed E-state index contributed by atoms with van der Waals surface area (Å²) in [5, 5.41) is 0. The first kappa shape index (κ1) is 4.31. The average Bonchev–Trinajstić information content (AvgIpc) is 1.37. The Balaban J connectivity index is 1.97. The van der Waals surface area contributed by atoms with E-state index in [-0.39, 0.29) is 0 Å². The standard InChI is InChI=1S/C2H6OS/c1-3-2-4/h4H,2H2,1H3/p-1. The van der Waals surface area contributed by atoms with Crippen LogP contribution >= 0.6 is 0 Å². The summed E-state index contributed by atoms with van der Waals surface area (Å²) in [6.07, 6.45) is 0. The van der Waals surface area contributed by atoms with Crippen molar-refractivity contribution in [2.45, 2.75) is 0 Å². The lowest BCUT2D eigenvalue weighted by Crippen LogP contribution is -1.75. The van der Waals surface area contributed by atoms with Gasteiger partial charge in [0.25, 0.3) is 0 Å². The molecule has 1 nitrogen and oxygen atoms in total. The summed E-state index contributed by atoms with van der Waals surface area (Å²) >= 11 is 4.33. The fraction of sp³-hybridized carbons (Fsp3) is 1.00. The minimum atomic E-state index is 0.403. The zero-order valence-electron chi connectivity index (χ0n) is 2.52. The van der Waals surface area contributed by atoms with E-state index in [9.17, 15) is 0 Å². The predicted molar refractivity (Wildman–Crippen MR) is 19.2 cm³/mol. The highest BCUT2D eigenvalue weighted by Crippen LogP contribution is 1.49. The van der Waals surface area contributed by atoms with Crippen molar-refractivity contribution < 1.29 is 4.74 Å². The Bertz CT molecular complexity index is 8.00. The van der Waals surface area contributed by atoms with Crippen molar-refractivity contribution in [3.05, 3.63) is 0 Å². The molecule has 0 fully saturated rings. The minimum Gasteiger partial charge on any atom is -0.765 e. The lowest BCUT2D eigenvalue weighted by atomic mass is 11.5. The number of rotatable bonds is 1. The molecule has 2 heteroatoms. The lowest BCUT2D eigenvalue weighted by Gasteiger charge is -1.93. The fourth-order valence-corrected chi connectivity index (χ4v) is 0. The number of methoxy groups -OCH3 is 1. The van der Waals surface area contributed by atoms with Gasteiger partial charge in [0, 0.05) is 7.11 Å². The smallest absolute Gasteiger partial charge is 0.0328 e. The largest absolute Gasteiger partial charge is 0.765 e. The van der Waals surface area contributed by atoms with E-state index in [1.807, 2.05) is 0 Å². The first-order valence-electron chi connectivity index (χ1n) is 0.986. The van der Waals surface area contributed by atoms with E-state index in [1.54, 1.807) is 7.11 Å². The highest BCUT2D eigenvalue weighted by Gasteiger charge is 1.37. The normalized spacial score (nSPS) is 7.50. The molecule has 0 aliphatic heterocycles. The van der Waals surface area contributed by atoms with Gasteiger partial charge in [-0.15, -0.1) is 0 Å². The minimum absolute atomic E-state index is 0.403. The second-order valence-electron chi connectivity index (χ2n) is 0.407. The third kappa shape index (κ3) is 2.31. The van der Waals surface area contributed by atoms with Crippen LogP contribution in [-0.4, -0.2) is 13.0 Å².